The Bertz CT molecular complexity index is 830. The van der Waals surface area contributed by atoms with E-state index in [0.717, 1.165) is 12.3 Å². The Balaban J connectivity index is 1.72. The molecule has 5 nitrogen and oxygen atoms in total. The summed E-state index contributed by atoms with van der Waals surface area (Å²) in [6, 6.07) is 5.28. The number of rotatable bonds is 4. The average molecular weight is 337 g/mol. The second-order valence-corrected chi connectivity index (χ2v) is 4.87. The quantitative estimate of drug-likeness (QED) is 0.741. The second-order valence-electron chi connectivity index (χ2n) is 4.87. The molecule has 0 fully saturated rings. The lowest BCUT2D eigenvalue weighted by atomic mass is 10.2. The van der Waals surface area contributed by atoms with E-state index in [-0.39, 0.29) is 12.5 Å². The number of halogens is 4. The first-order chi connectivity index (χ1) is 11.4. The summed E-state index contributed by atoms with van der Waals surface area (Å²) in [7, 11) is 0. The molecular formula is C15H11F4N5. The van der Waals surface area contributed by atoms with Crippen LogP contribution in [0, 0.1) is 5.82 Å². The zero-order valence-corrected chi connectivity index (χ0v) is 12.1. The Labute approximate surface area is 134 Å². The molecule has 1 aromatic carbocycles. The van der Waals surface area contributed by atoms with Crippen molar-refractivity contribution >= 4 is 5.95 Å². The molecule has 0 aliphatic heterocycles. The summed E-state index contributed by atoms with van der Waals surface area (Å²) < 4.78 is 53.4. The molecule has 0 spiro atoms. The van der Waals surface area contributed by atoms with Gasteiger partial charge < -0.3 is 9.88 Å². The number of hydrogen-bond donors (Lipinski definition) is 1. The van der Waals surface area contributed by atoms with Gasteiger partial charge in [-0.05, 0) is 23.8 Å². The fourth-order valence-electron chi connectivity index (χ4n) is 2.05. The van der Waals surface area contributed by atoms with Gasteiger partial charge in [0.1, 0.15) is 11.5 Å². The minimum atomic E-state index is -4.54. The van der Waals surface area contributed by atoms with Gasteiger partial charge in [0.2, 0.25) is 5.95 Å². The molecule has 24 heavy (non-hydrogen) atoms. The maximum atomic E-state index is 14.1. The molecule has 0 bridgehead atoms. The molecule has 9 heteroatoms. The van der Waals surface area contributed by atoms with Crippen molar-refractivity contribution in [2.75, 3.05) is 5.32 Å². The molecule has 124 valence electrons. The summed E-state index contributed by atoms with van der Waals surface area (Å²) >= 11 is 0. The van der Waals surface area contributed by atoms with Crippen molar-refractivity contribution in [3.8, 4) is 5.69 Å². The lowest BCUT2D eigenvalue weighted by Gasteiger charge is -2.10. The molecule has 0 amide bonds. The van der Waals surface area contributed by atoms with Crippen LogP contribution < -0.4 is 5.32 Å². The van der Waals surface area contributed by atoms with Crippen LogP contribution in [0.1, 0.15) is 11.3 Å². The van der Waals surface area contributed by atoms with Gasteiger partial charge in [-0.3, -0.25) is 0 Å². The molecule has 1 N–H and O–H groups in total. The smallest absolute Gasteiger partial charge is 0.350 e. The van der Waals surface area contributed by atoms with Crippen LogP contribution >= 0.6 is 0 Å². The molecule has 0 saturated carbocycles. The number of nitrogens with one attached hydrogen (secondary N) is 1. The monoisotopic (exact) mass is 337 g/mol. The van der Waals surface area contributed by atoms with E-state index in [4.69, 9.17) is 0 Å². The van der Waals surface area contributed by atoms with E-state index >= 15 is 0 Å². The minimum absolute atomic E-state index is 0.0858. The molecule has 0 aliphatic rings. The third-order valence-corrected chi connectivity index (χ3v) is 3.19. The number of hydrogen-bond acceptors (Lipinski definition) is 4. The van der Waals surface area contributed by atoms with E-state index in [2.05, 4.69) is 20.3 Å². The number of benzene rings is 1. The third-order valence-electron chi connectivity index (χ3n) is 3.19. The predicted octanol–water partition coefficient (Wildman–Crippen LogP) is 3.43. The Kier molecular flexibility index (Phi) is 4.15. The molecule has 0 saturated heterocycles. The third kappa shape index (κ3) is 3.50. The largest absolute Gasteiger partial charge is 0.433 e. The van der Waals surface area contributed by atoms with Gasteiger partial charge in [-0.2, -0.15) is 13.2 Å². The summed E-state index contributed by atoms with van der Waals surface area (Å²) in [4.78, 5) is 10.9. The molecule has 0 aliphatic carbocycles. The van der Waals surface area contributed by atoms with Crippen LogP contribution in [-0.4, -0.2) is 19.5 Å². The zero-order valence-electron chi connectivity index (χ0n) is 12.1. The fourth-order valence-corrected chi connectivity index (χ4v) is 2.05. The van der Waals surface area contributed by atoms with Crippen LogP contribution in [-0.2, 0) is 12.7 Å². The highest BCUT2D eigenvalue weighted by atomic mass is 19.4. The Morgan fingerprint density at radius 1 is 1.12 bits per heavy atom. The molecular weight excluding hydrogens is 326 g/mol. The highest BCUT2D eigenvalue weighted by molar-refractivity contribution is 5.38. The van der Waals surface area contributed by atoms with Crippen LogP contribution in [0.2, 0.25) is 0 Å². The number of aromatic nitrogens is 4. The summed E-state index contributed by atoms with van der Waals surface area (Å²) in [5.74, 6) is -0.652. The maximum absolute atomic E-state index is 14.1. The van der Waals surface area contributed by atoms with Crippen molar-refractivity contribution in [1.29, 1.82) is 0 Å². The predicted molar refractivity (Wildman–Crippen MR) is 77.9 cm³/mol. The second kappa shape index (κ2) is 6.26. The van der Waals surface area contributed by atoms with Gasteiger partial charge in [-0.25, -0.2) is 19.3 Å². The SMILES string of the molecule is Fc1cc(CNc2nccc(C(F)(F)F)n2)ccc1-n1ccnc1. The topological polar surface area (TPSA) is 55.6 Å². The van der Waals surface area contributed by atoms with Gasteiger partial charge in [-0.15, -0.1) is 0 Å². The molecule has 2 heterocycles. The first-order valence-corrected chi connectivity index (χ1v) is 6.84. The first-order valence-electron chi connectivity index (χ1n) is 6.84. The van der Waals surface area contributed by atoms with Crippen molar-refractivity contribution < 1.29 is 17.6 Å². The van der Waals surface area contributed by atoms with Crippen molar-refractivity contribution in [2.45, 2.75) is 12.7 Å². The maximum Gasteiger partial charge on any atom is 0.433 e. The van der Waals surface area contributed by atoms with Crippen LogP contribution in [0.5, 0.6) is 0 Å². The lowest BCUT2D eigenvalue weighted by molar-refractivity contribution is -0.141. The molecule has 3 rings (SSSR count). The van der Waals surface area contributed by atoms with Gasteiger partial charge in [0.05, 0.1) is 12.0 Å². The Morgan fingerprint density at radius 2 is 1.96 bits per heavy atom. The van der Waals surface area contributed by atoms with Crippen molar-refractivity contribution in [3.63, 3.8) is 0 Å². The van der Waals surface area contributed by atoms with Crippen LogP contribution in [0.4, 0.5) is 23.5 Å². The molecule has 0 atom stereocenters. The van der Waals surface area contributed by atoms with Gasteiger partial charge in [0.15, 0.2) is 0 Å². The van der Waals surface area contributed by atoms with Crippen molar-refractivity contribution in [2.24, 2.45) is 0 Å². The number of nitrogens with zero attached hydrogens (tertiary/aromatic N) is 4. The summed E-state index contributed by atoms with van der Waals surface area (Å²) in [6.07, 6.45) is 1.07. The summed E-state index contributed by atoms with van der Waals surface area (Å²) in [5, 5.41) is 2.65. The van der Waals surface area contributed by atoms with E-state index < -0.39 is 17.7 Å². The van der Waals surface area contributed by atoms with Gasteiger partial charge >= 0.3 is 6.18 Å². The van der Waals surface area contributed by atoms with E-state index in [9.17, 15) is 17.6 Å². The lowest BCUT2D eigenvalue weighted by Crippen LogP contribution is -2.11. The number of anilines is 1. The van der Waals surface area contributed by atoms with Crippen molar-refractivity contribution in [1.82, 2.24) is 19.5 Å². The van der Waals surface area contributed by atoms with Crippen molar-refractivity contribution in [3.05, 3.63) is 66.3 Å². The molecule has 0 unspecified atom stereocenters. The van der Waals surface area contributed by atoms with Gasteiger partial charge in [-0.1, -0.05) is 6.07 Å². The van der Waals surface area contributed by atoms with Crippen LogP contribution in [0.25, 0.3) is 5.69 Å². The van der Waals surface area contributed by atoms with E-state index in [1.165, 1.54) is 23.2 Å². The van der Waals surface area contributed by atoms with Crippen LogP contribution in [0.15, 0.2) is 49.2 Å². The molecule has 2 aromatic heterocycles. The van der Waals surface area contributed by atoms with E-state index in [1.807, 2.05) is 0 Å². The summed E-state index contributed by atoms with van der Waals surface area (Å²) in [5.41, 5.74) is -0.175. The van der Waals surface area contributed by atoms with Gasteiger partial charge in [0, 0.05) is 25.1 Å². The summed E-state index contributed by atoms with van der Waals surface area (Å²) in [6.45, 7) is 0.0858. The standard InChI is InChI=1S/C15H11F4N5/c16-11-7-10(1-2-12(11)24-6-5-20-9-24)8-22-14-21-4-3-13(23-14)15(17,18)19/h1-7,9H,8H2,(H,21,22,23). The molecule has 3 aromatic rings. The minimum Gasteiger partial charge on any atom is -0.350 e. The zero-order chi connectivity index (χ0) is 17.2. The van der Waals surface area contributed by atoms with E-state index in [0.29, 0.717) is 11.3 Å². The van der Waals surface area contributed by atoms with Gasteiger partial charge in [0.25, 0.3) is 0 Å². The number of alkyl halides is 3. The Morgan fingerprint density at radius 3 is 2.62 bits per heavy atom. The van der Waals surface area contributed by atoms with E-state index in [1.54, 1.807) is 18.3 Å². The molecule has 0 radical (unpaired) electrons. The van der Waals surface area contributed by atoms with Crippen LogP contribution in [0.3, 0.4) is 0 Å². The first kappa shape index (κ1) is 15.9. The average Bonchev–Trinajstić information content (AvgIpc) is 3.07. The fraction of sp³-hybridized carbons (Fsp3) is 0.133. The highest BCUT2D eigenvalue weighted by Gasteiger charge is 2.32. The highest BCUT2D eigenvalue weighted by Crippen LogP contribution is 2.27. The Hall–Kier alpha value is -2.97. The normalized spacial score (nSPS) is 11.5. The number of imidazole rings is 1.